The van der Waals surface area contributed by atoms with Crippen LogP contribution in [0, 0.1) is 5.82 Å². The normalized spacial score (nSPS) is 15.0. The summed E-state index contributed by atoms with van der Waals surface area (Å²) in [7, 11) is 1.63. The standard InChI is InChI=1S/C30H29FN2O3S/c1-36-18-5-16-32(30(35)25-9-4-7-21-6-2-3-8-24(21)25)20-28(34)33-17-14-27-26(15-19-37-27)29(33)22-10-12-23(31)13-11-22/h2-4,6-13,15,19,29H,5,14,16-18,20H2,1H3. The van der Waals surface area contributed by atoms with Gasteiger partial charge in [0.25, 0.3) is 5.91 Å². The molecule has 0 spiro atoms. The Labute approximate surface area is 220 Å². The molecule has 5 rings (SSSR count). The maximum Gasteiger partial charge on any atom is 0.254 e. The van der Waals surface area contributed by atoms with Crippen LogP contribution < -0.4 is 0 Å². The van der Waals surface area contributed by atoms with Gasteiger partial charge in [-0.25, -0.2) is 4.39 Å². The second kappa shape index (κ2) is 11.2. The van der Waals surface area contributed by atoms with Crippen LogP contribution in [-0.2, 0) is 16.0 Å². The number of nitrogens with zero attached hydrogens (tertiary/aromatic N) is 2. The van der Waals surface area contributed by atoms with Gasteiger partial charge in [-0.15, -0.1) is 11.3 Å². The van der Waals surface area contributed by atoms with Gasteiger partial charge in [-0.2, -0.15) is 0 Å². The van der Waals surface area contributed by atoms with E-state index >= 15 is 0 Å². The number of thiophene rings is 1. The molecule has 1 aliphatic heterocycles. The molecule has 1 aromatic heterocycles. The van der Waals surface area contributed by atoms with Crippen LogP contribution in [0.25, 0.3) is 10.8 Å². The molecule has 0 N–H and O–H groups in total. The van der Waals surface area contributed by atoms with E-state index in [-0.39, 0.29) is 30.2 Å². The van der Waals surface area contributed by atoms with E-state index < -0.39 is 0 Å². The van der Waals surface area contributed by atoms with Crippen LogP contribution in [0.1, 0.15) is 38.8 Å². The van der Waals surface area contributed by atoms with Crippen LogP contribution in [0.4, 0.5) is 4.39 Å². The number of carbonyl (C=O) groups excluding carboxylic acids is 2. The first-order chi connectivity index (χ1) is 18.1. The third-order valence-electron chi connectivity index (χ3n) is 6.88. The largest absolute Gasteiger partial charge is 0.385 e. The Bertz CT molecular complexity index is 1400. The molecule has 3 aromatic carbocycles. The van der Waals surface area contributed by atoms with Crippen LogP contribution in [0.3, 0.4) is 0 Å². The Hall–Kier alpha value is -3.55. The molecular weight excluding hydrogens is 487 g/mol. The van der Waals surface area contributed by atoms with Crippen LogP contribution in [0.2, 0.25) is 0 Å². The topological polar surface area (TPSA) is 49.9 Å². The number of hydrogen-bond donors (Lipinski definition) is 0. The van der Waals surface area contributed by atoms with Gasteiger partial charge in [0.15, 0.2) is 0 Å². The molecule has 37 heavy (non-hydrogen) atoms. The zero-order valence-electron chi connectivity index (χ0n) is 20.7. The van der Waals surface area contributed by atoms with Crippen molar-refractivity contribution in [3.8, 4) is 0 Å². The van der Waals surface area contributed by atoms with Gasteiger partial charge < -0.3 is 14.5 Å². The number of amides is 2. The molecule has 1 aliphatic rings. The summed E-state index contributed by atoms with van der Waals surface area (Å²) >= 11 is 1.68. The molecule has 5 nitrogen and oxygen atoms in total. The summed E-state index contributed by atoms with van der Waals surface area (Å²) < 4.78 is 18.9. The number of fused-ring (bicyclic) bond motifs is 2. The van der Waals surface area contributed by atoms with Crippen molar-refractivity contribution in [3.05, 3.63) is 106 Å². The van der Waals surface area contributed by atoms with Gasteiger partial charge >= 0.3 is 0 Å². The summed E-state index contributed by atoms with van der Waals surface area (Å²) in [6.07, 6.45) is 1.38. The quantitative estimate of drug-likeness (QED) is 0.283. The molecule has 7 heteroatoms. The summed E-state index contributed by atoms with van der Waals surface area (Å²) in [5.41, 5.74) is 2.51. The second-order valence-electron chi connectivity index (χ2n) is 9.19. The zero-order valence-corrected chi connectivity index (χ0v) is 21.5. The van der Waals surface area contributed by atoms with E-state index in [2.05, 4.69) is 0 Å². The molecule has 0 radical (unpaired) electrons. The zero-order chi connectivity index (χ0) is 25.8. The van der Waals surface area contributed by atoms with Crippen molar-refractivity contribution < 1.29 is 18.7 Å². The van der Waals surface area contributed by atoms with Gasteiger partial charge in [0.2, 0.25) is 5.91 Å². The minimum Gasteiger partial charge on any atom is -0.385 e. The van der Waals surface area contributed by atoms with Crippen molar-refractivity contribution in [1.82, 2.24) is 9.80 Å². The second-order valence-corrected chi connectivity index (χ2v) is 10.2. The Morgan fingerprint density at radius 2 is 1.84 bits per heavy atom. The summed E-state index contributed by atoms with van der Waals surface area (Å²) in [5.74, 6) is -0.613. The van der Waals surface area contributed by atoms with Crippen molar-refractivity contribution in [2.45, 2.75) is 18.9 Å². The third-order valence-corrected chi connectivity index (χ3v) is 7.88. The lowest BCUT2D eigenvalue weighted by Crippen LogP contribution is -2.47. The monoisotopic (exact) mass is 516 g/mol. The van der Waals surface area contributed by atoms with E-state index in [0.717, 1.165) is 28.3 Å². The summed E-state index contributed by atoms with van der Waals surface area (Å²) in [6.45, 7) is 1.40. The molecule has 4 aromatic rings. The number of benzene rings is 3. The maximum absolute atomic E-state index is 13.9. The molecule has 0 saturated heterocycles. The molecule has 2 heterocycles. The van der Waals surface area contributed by atoms with Gasteiger partial charge in [0.05, 0.1) is 6.04 Å². The van der Waals surface area contributed by atoms with Crippen LogP contribution in [-0.4, -0.2) is 55.0 Å². The Morgan fingerprint density at radius 1 is 1.05 bits per heavy atom. The van der Waals surface area contributed by atoms with Gasteiger partial charge in [-0.3, -0.25) is 9.59 Å². The number of hydrogen-bond acceptors (Lipinski definition) is 4. The SMILES string of the molecule is COCCCN(CC(=O)N1CCc2sccc2C1c1ccc(F)cc1)C(=O)c1cccc2ccccc12. The summed E-state index contributed by atoms with van der Waals surface area (Å²) in [4.78, 5) is 32.4. The van der Waals surface area contributed by atoms with Crippen LogP contribution in [0.15, 0.2) is 78.2 Å². The first-order valence-corrected chi connectivity index (χ1v) is 13.3. The lowest BCUT2D eigenvalue weighted by Gasteiger charge is -2.37. The highest BCUT2D eigenvalue weighted by Crippen LogP contribution is 2.38. The highest BCUT2D eigenvalue weighted by molar-refractivity contribution is 7.10. The van der Waals surface area contributed by atoms with Gasteiger partial charge in [0.1, 0.15) is 12.4 Å². The van der Waals surface area contributed by atoms with Crippen molar-refractivity contribution in [2.24, 2.45) is 0 Å². The number of methoxy groups -OCH3 is 1. The fourth-order valence-corrected chi connectivity index (χ4v) is 5.98. The predicted molar refractivity (Wildman–Crippen MR) is 144 cm³/mol. The summed E-state index contributed by atoms with van der Waals surface area (Å²) in [5, 5.41) is 3.88. The predicted octanol–water partition coefficient (Wildman–Crippen LogP) is 5.69. The first kappa shape index (κ1) is 25.1. The lowest BCUT2D eigenvalue weighted by molar-refractivity contribution is -0.134. The Balaban J connectivity index is 1.45. The van der Waals surface area contributed by atoms with Gasteiger partial charge in [-0.05, 0) is 64.4 Å². The number of halogens is 1. The smallest absolute Gasteiger partial charge is 0.254 e. The van der Waals surface area contributed by atoms with E-state index in [4.69, 9.17) is 4.74 Å². The van der Waals surface area contributed by atoms with Crippen molar-refractivity contribution in [3.63, 3.8) is 0 Å². The fourth-order valence-electron chi connectivity index (χ4n) is 5.08. The van der Waals surface area contributed by atoms with Crippen molar-refractivity contribution >= 4 is 33.9 Å². The lowest BCUT2D eigenvalue weighted by atomic mass is 9.93. The summed E-state index contributed by atoms with van der Waals surface area (Å²) in [6, 6.07) is 21.5. The molecule has 1 atom stereocenters. The molecule has 0 saturated carbocycles. The molecular formula is C30H29FN2O3S. The first-order valence-electron chi connectivity index (χ1n) is 12.4. The molecule has 2 amide bonds. The molecule has 1 unspecified atom stereocenters. The highest BCUT2D eigenvalue weighted by Gasteiger charge is 2.34. The minimum atomic E-state index is -0.312. The maximum atomic E-state index is 13.9. The van der Waals surface area contributed by atoms with Crippen molar-refractivity contribution in [2.75, 3.05) is 33.4 Å². The van der Waals surface area contributed by atoms with E-state index in [9.17, 15) is 14.0 Å². The average Bonchev–Trinajstić information content (AvgIpc) is 3.41. The number of ether oxygens (including phenoxy) is 1. The third kappa shape index (κ3) is 5.29. The van der Waals surface area contributed by atoms with E-state index in [1.54, 1.807) is 35.5 Å². The van der Waals surface area contributed by atoms with Crippen LogP contribution >= 0.6 is 11.3 Å². The molecule has 0 fully saturated rings. The van der Waals surface area contributed by atoms with E-state index in [0.29, 0.717) is 31.7 Å². The van der Waals surface area contributed by atoms with E-state index in [1.807, 2.05) is 58.8 Å². The highest BCUT2D eigenvalue weighted by atomic mass is 32.1. The molecule has 190 valence electrons. The number of rotatable bonds is 8. The number of carbonyl (C=O) groups is 2. The minimum absolute atomic E-state index is 0.0388. The van der Waals surface area contributed by atoms with Crippen molar-refractivity contribution in [1.29, 1.82) is 0 Å². The van der Waals surface area contributed by atoms with Crippen LogP contribution in [0.5, 0.6) is 0 Å². The molecule has 0 bridgehead atoms. The van der Waals surface area contributed by atoms with Gasteiger partial charge in [0, 0.05) is 37.2 Å². The Kier molecular flexibility index (Phi) is 7.63. The fraction of sp³-hybridized carbons (Fsp3) is 0.267. The van der Waals surface area contributed by atoms with E-state index in [1.165, 1.54) is 17.0 Å². The average molecular weight is 517 g/mol. The molecule has 0 aliphatic carbocycles. The van der Waals surface area contributed by atoms with Gasteiger partial charge in [-0.1, -0.05) is 48.5 Å². The Morgan fingerprint density at radius 3 is 2.65 bits per heavy atom.